The first kappa shape index (κ1) is 36.0. The van der Waals surface area contributed by atoms with Crippen molar-refractivity contribution in [3.63, 3.8) is 0 Å². The van der Waals surface area contributed by atoms with E-state index in [-0.39, 0.29) is 45.7 Å². The number of hydrogen-bond acceptors (Lipinski definition) is 17. The van der Waals surface area contributed by atoms with Crippen molar-refractivity contribution >= 4 is 0 Å². The molecule has 0 spiro atoms. The lowest BCUT2D eigenvalue weighted by Crippen LogP contribution is -2.55. The Balaban J connectivity index is 1.46. The molecule has 4 aromatic carbocycles. The summed E-state index contributed by atoms with van der Waals surface area (Å²) in [6, 6.07) is 9.03. The van der Waals surface area contributed by atoms with Crippen molar-refractivity contribution in [2.75, 3.05) is 6.61 Å². The van der Waals surface area contributed by atoms with Crippen molar-refractivity contribution < 1.29 is 85.7 Å². The highest BCUT2D eigenvalue weighted by Crippen LogP contribution is 2.59. The summed E-state index contributed by atoms with van der Waals surface area (Å²) in [5, 5.41) is 151. The zero-order valence-corrected chi connectivity index (χ0v) is 27.3. The van der Waals surface area contributed by atoms with Crippen LogP contribution < -0.4 is 9.47 Å². The van der Waals surface area contributed by atoms with E-state index in [1.54, 1.807) is 0 Å². The average Bonchev–Trinajstić information content (AvgIpc) is 3.11. The Hall–Kier alpha value is -5.40. The van der Waals surface area contributed by atoms with Gasteiger partial charge in [-0.1, -0.05) is 12.1 Å². The Morgan fingerprint density at radius 3 is 1.74 bits per heavy atom. The Morgan fingerprint density at radius 1 is 0.528 bits per heavy atom. The molecule has 17 nitrogen and oxygen atoms in total. The molecular formula is C36H36O17. The third-order valence-electron chi connectivity index (χ3n) is 10.1. The molecule has 3 aliphatic heterocycles. The predicted molar refractivity (Wildman–Crippen MR) is 176 cm³/mol. The molecule has 0 saturated carbocycles. The quantitative estimate of drug-likeness (QED) is 0.124. The second kappa shape index (κ2) is 13.2. The minimum atomic E-state index is -1.98. The highest BCUT2D eigenvalue weighted by atomic mass is 16.5. The number of aromatic hydroxyl groups is 8. The number of fused-ring (bicyclic) bond motifs is 2. The molecule has 0 bridgehead atoms. The van der Waals surface area contributed by atoms with Crippen LogP contribution in [0, 0.1) is 0 Å². The van der Waals surface area contributed by atoms with E-state index in [4.69, 9.17) is 14.2 Å². The molecule has 1 saturated heterocycles. The summed E-state index contributed by atoms with van der Waals surface area (Å²) in [7, 11) is 0. The van der Waals surface area contributed by atoms with Gasteiger partial charge in [0.1, 0.15) is 77.2 Å². The first-order valence-electron chi connectivity index (χ1n) is 16.3. The third kappa shape index (κ3) is 5.78. The Kier molecular flexibility index (Phi) is 8.98. The molecule has 53 heavy (non-hydrogen) atoms. The predicted octanol–water partition coefficient (Wildman–Crippen LogP) is 0.510. The van der Waals surface area contributed by atoms with Gasteiger partial charge in [-0.15, -0.1) is 0 Å². The van der Waals surface area contributed by atoms with Gasteiger partial charge in [0.15, 0.2) is 29.1 Å². The average molecular weight is 741 g/mol. The van der Waals surface area contributed by atoms with E-state index >= 15 is 0 Å². The van der Waals surface area contributed by atoms with Gasteiger partial charge >= 0.3 is 0 Å². The number of phenols is 8. The molecule has 282 valence electrons. The largest absolute Gasteiger partial charge is 0.507 e. The van der Waals surface area contributed by atoms with Crippen LogP contribution in [0.15, 0.2) is 48.5 Å². The van der Waals surface area contributed by atoms with E-state index < -0.39 is 119 Å². The molecule has 3 heterocycles. The molecule has 1 fully saturated rings. The van der Waals surface area contributed by atoms with Gasteiger partial charge < -0.3 is 85.7 Å². The summed E-state index contributed by atoms with van der Waals surface area (Å²) in [6.07, 6.45) is -15.2. The van der Waals surface area contributed by atoms with Crippen LogP contribution >= 0.6 is 0 Å². The zero-order chi connectivity index (χ0) is 38.2. The molecule has 14 N–H and O–H groups in total. The van der Waals surface area contributed by atoms with Crippen LogP contribution in [0.25, 0.3) is 0 Å². The van der Waals surface area contributed by atoms with E-state index in [0.29, 0.717) is 0 Å². The fourth-order valence-electron chi connectivity index (χ4n) is 7.38. The van der Waals surface area contributed by atoms with E-state index in [9.17, 15) is 71.5 Å². The zero-order valence-electron chi connectivity index (χ0n) is 27.3. The number of aliphatic hydroxyl groups excluding tert-OH is 6. The number of aliphatic hydroxyl groups is 6. The van der Waals surface area contributed by atoms with Crippen molar-refractivity contribution in [3.05, 3.63) is 81.9 Å². The van der Waals surface area contributed by atoms with Gasteiger partial charge in [0.2, 0.25) is 0 Å². The van der Waals surface area contributed by atoms with Crippen LogP contribution in [0.3, 0.4) is 0 Å². The summed E-state index contributed by atoms with van der Waals surface area (Å²) in [5.74, 6) is -7.22. The third-order valence-corrected chi connectivity index (χ3v) is 10.1. The van der Waals surface area contributed by atoms with Crippen molar-refractivity contribution in [1.82, 2.24) is 0 Å². The number of benzene rings is 4. The minimum Gasteiger partial charge on any atom is -0.507 e. The smallest absolute Gasteiger partial charge is 0.157 e. The summed E-state index contributed by atoms with van der Waals surface area (Å²) < 4.78 is 17.9. The first-order chi connectivity index (χ1) is 25.1. The lowest BCUT2D eigenvalue weighted by Gasteiger charge is -2.42. The summed E-state index contributed by atoms with van der Waals surface area (Å²) >= 11 is 0. The van der Waals surface area contributed by atoms with E-state index in [2.05, 4.69) is 0 Å². The lowest BCUT2D eigenvalue weighted by atomic mass is 9.76. The second-order valence-corrected chi connectivity index (χ2v) is 13.3. The molecule has 0 aliphatic carbocycles. The number of phenolic OH excluding ortho intramolecular Hbond substituents is 8. The fourth-order valence-corrected chi connectivity index (χ4v) is 7.38. The monoisotopic (exact) mass is 740 g/mol. The highest BCUT2D eigenvalue weighted by Gasteiger charge is 2.50. The Morgan fingerprint density at radius 2 is 1.13 bits per heavy atom. The maximum atomic E-state index is 12.2. The molecule has 4 aromatic rings. The van der Waals surface area contributed by atoms with Crippen LogP contribution in [0.2, 0.25) is 0 Å². The van der Waals surface area contributed by atoms with Crippen molar-refractivity contribution in [2.45, 2.75) is 67.3 Å². The van der Waals surface area contributed by atoms with Gasteiger partial charge in [0, 0.05) is 35.2 Å². The molecule has 7 rings (SSSR count). The van der Waals surface area contributed by atoms with Gasteiger partial charge in [-0.2, -0.15) is 0 Å². The van der Waals surface area contributed by atoms with Crippen LogP contribution in [0.1, 0.15) is 57.6 Å². The second-order valence-electron chi connectivity index (χ2n) is 13.3. The van der Waals surface area contributed by atoms with Crippen LogP contribution in [0.5, 0.6) is 57.5 Å². The summed E-state index contributed by atoms with van der Waals surface area (Å²) in [5.41, 5.74) is -1.02. The maximum absolute atomic E-state index is 12.2. The molecule has 0 amide bonds. The minimum absolute atomic E-state index is 0.0453. The SMILES string of the molecule is OC[C@H]1OC(c2c(O)cc3c(c2O)[C@H](c2c(O)cc(O)c4c2O[C@H](c2ccc(O)c(O)c2)[C@H](O)C4)[C@@H](O)[C@@H](c2ccc(O)c(O)c2)O3)[C@H](O)[C@@H](O)[C@@H]1O. The van der Waals surface area contributed by atoms with Gasteiger partial charge in [0.25, 0.3) is 0 Å². The topological polar surface area (TPSA) is 311 Å². The van der Waals surface area contributed by atoms with Gasteiger partial charge in [-0.05, 0) is 35.4 Å². The van der Waals surface area contributed by atoms with Crippen molar-refractivity contribution in [3.8, 4) is 57.5 Å². The Labute approximate surface area is 298 Å². The van der Waals surface area contributed by atoms with Gasteiger partial charge in [-0.3, -0.25) is 0 Å². The van der Waals surface area contributed by atoms with Gasteiger partial charge in [-0.25, -0.2) is 0 Å². The van der Waals surface area contributed by atoms with E-state index in [0.717, 1.165) is 36.4 Å². The molecule has 1 unspecified atom stereocenters. The molecule has 10 atom stereocenters. The number of ether oxygens (including phenoxy) is 3. The standard InChI is InChI=1S/C36H36O17/c37-10-23-28(46)31(49)32(50)36(52-23)25-20(44)9-22-26(29(25)47)27(30(48)34(51-22)12-2-4-15(39)18(42)6-12)24-19(43)8-16(40)13-7-21(45)33(53-35(13)24)11-1-3-14(38)17(41)5-11/h1-6,8-9,21,23,27-28,30-34,36-50H,7,10H2/t21-,23-,27+,28-,30-,31+,32-,33-,34-,36?/m1/s1. The lowest BCUT2D eigenvalue weighted by molar-refractivity contribution is -0.232. The van der Waals surface area contributed by atoms with Crippen LogP contribution in [-0.4, -0.2) is 115 Å². The molecule has 3 aliphatic rings. The van der Waals surface area contributed by atoms with Gasteiger partial charge in [0.05, 0.1) is 24.2 Å². The molecule has 0 radical (unpaired) electrons. The first-order valence-corrected chi connectivity index (χ1v) is 16.3. The summed E-state index contributed by atoms with van der Waals surface area (Å²) in [4.78, 5) is 0. The number of rotatable bonds is 5. The molecule has 0 aromatic heterocycles. The van der Waals surface area contributed by atoms with Crippen LogP contribution in [-0.2, 0) is 11.2 Å². The molecular weight excluding hydrogens is 704 g/mol. The van der Waals surface area contributed by atoms with E-state index in [1.807, 2.05) is 0 Å². The Bertz CT molecular complexity index is 2070. The van der Waals surface area contributed by atoms with Crippen molar-refractivity contribution in [1.29, 1.82) is 0 Å². The number of hydrogen-bond donors (Lipinski definition) is 14. The van der Waals surface area contributed by atoms with E-state index in [1.165, 1.54) is 12.1 Å². The highest BCUT2D eigenvalue weighted by molar-refractivity contribution is 5.68. The fraction of sp³-hybridized carbons (Fsp3) is 0.333. The van der Waals surface area contributed by atoms with Crippen LogP contribution in [0.4, 0.5) is 0 Å². The summed E-state index contributed by atoms with van der Waals surface area (Å²) in [6.45, 7) is -0.837. The maximum Gasteiger partial charge on any atom is 0.157 e. The molecule has 17 heteroatoms. The normalized spacial score (nSPS) is 29.4. The van der Waals surface area contributed by atoms with Crippen molar-refractivity contribution in [2.24, 2.45) is 0 Å².